The Morgan fingerprint density at radius 3 is 2.83 bits per heavy atom. The smallest absolute Gasteiger partial charge is 0.263 e. The molecule has 1 amide bonds. The van der Waals surface area contributed by atoms with Gasteiger partial charge in [0.15, 0.2) is 0 Å². The molecule has 29 heavy (non-hydrogen) atoms. The number of nitrogen functional groups attached to an aromatic ring is 1. The van der Waals surface area contributed by atoms with E-state index in [1.807, 2.05) is 6.92 Å². The van der Waals surface area contributed by atoms with Crippen molar-refractivity contribution in [1.82, 2.24) is 10.3 Å². The van der Waals surface area contributed by atoms with Crippen molar-refractivity contribution in [2.75, 3.05) is 23.7 Å². The molecule has 1 aromatic carbocycles. The third-order valence-corrected chi connectivity index (χ3v) is 8.30. The molecule has 0 bridgehead atoms. The Morgan fingerprint density at radius 1 is 1.21 bits per heavy atom. The van der Waals surface area contributed by atoms with Gasteiger partial charge in [-0.2, -0.15) is 0 Å². The zero-order valence-corrected chi connectivity index (χ0v) is 18.3. The van der Waals surface area contributed by atoms with Crippen molar-refractivity contribution >= 4 is 49.5 Å². The van der Waals surface area contributed by atoms with Gasteiger partial charge in [0.05, 0.1) is 15.4 Å². The summed E-state index contributed by atoms with van der Waals surface area (Å²) in [6, 6.07) is 7.05. The number of aromatic nitrogens is 1. The molecule has 3 aromatic rings. The highest BCUT2D eigenvalue weighted by Crippen LogP contribution is 2.37. The summed E-state index contributed by atoms with van der Waals surface area (Å²) >= 11 is 2.96. The van der Waals surface area contributed by atoms with Gasteiger partial charge in [-0.25, -0.2) is 4.98 Å². The predicted molar refractivity (Wildman–Crippen MR) is 122 cm³/mol. The number of aryl methyl sites for hydroxylation is 2. The first-order chi connectivity index (χ1) is 14.1. The molecule has 152 valence electrons. The zero-order chi connectivity index (χ0) is 20.0. The van der Waals surface area contributed by atoms with Gasteiger partial charge >= 0.3 is 0 Å². The minimum atomic E-state index is -0.0614. The number of nitrogens with two attached hydrogens (primary N) is 1. The van der Waals surface area contributed by atoms with Crippen LogP contribution in [-0.2, 0) is 12.8 Å². The first kappa shape index (κ1) is 18.9. The van der Waals surface area contributed by atoms with Gasteiger partial charge in [0.2, 0.25) is 0 Å². The second-order valence-corrected chi connectivity index (χ2v) is 10.3. The Kier molecular flexibility index (Phi) is 4.95. The molecule has 0 spiro atoms. The number of amides is 1. The van der Waals surface area contributed by atoms with Crippen LogP contribution >= 0.6 is 22.7 Å². The highest BCUT2D eigenvalue weighted by Gasteiger charge is 2.25. The summed E-state index contributed by atoms with van der Waals surface area (Å²) in [6.45, 7) is 4.31. The molecular formula is C22H26N4OS2. The van der Waals surface area contributed by atoms with E-state index in [1.54, 1.807) is 11.3 Å². The van der Waals surface area contributed by atoms with Gasteiger partial charge in [0.25, 0.3) is 5.91 Å². The fraction of sp³-hybridized carbons (Fsp3) is 0.455. The average Bonchev–Trinajstić information content (AvgIpc) is 3.25. The zero-order valence-electron chi connectivity index (χ0n) is 16.7. The van der Waals surface area contributed by atoms with Gasteiger partial charge in [-0.3, -0.25) is 4.79 Å². The van der Waals surface area contributed by atoms with Crippen LogP contribution in [0.2, 0.25) is 0 Å². The number of piperidine rings is 1. The van der Waals surface area contributed by atoms with Gasteiger partial charge in [-0.15, -0.1) is 22.7 Å². The number of hydrogen-bond acceptors (Lipinski definition) is 6. The first-order valence-corrected chi connectivity index (χ1v) is 12.0. The van der Waals surface area contributed by atoms with Gasteiger partial charge in [-0.1, -0.05) is 6.07 Å². The molecule has 2 aromatic heterocycles. The van der Waals surface area contributed by atoms with Crippen molar-refractivity contribution in [1.29, 1.82) is 0 Å². The van der Waals surface area contributed by atoms with Crippen LogP contribution < -0.4 is 16.0 Å². The Morgan fingerprint density at radius 2 is 2.03 bits per heavy atom. The molecule has 1 aliphatic heterocycles. The third-order valence-electron chi connectivity index (χ3n) is 6.07. The van der Waals surface area contributed by atoms with Crippen molar-refractivity contribution in [3.63, 3.8) is 0 Å². The summed E-state index contributed by atoms with van der Waals surface area (Å²) < 4.78 is 0.942. The number of rotatable bonds is 3. The van der Waals surface area contributed by atoms with Crippen LogP contribution in [0.4, 0.5) is 11.4 Å². The second-order valence-electron chi connectivity index (χ2n) is 8.13. The van der Waals surface area contributed by atoms with Crippen LogP contribution in [0.15, 0.2) is 18.2 Å². The van der Waals surface area contributed by atoms with Crippen molar-refractivity contribution in [2.24, 2.45) is 0 Å². The van der Waals surface area contributed by atoms with E-state index in [0.29, 0.717) is 10.6 Å². The van der Waals surface area contributed by atoms with Crippen LogP contribution in [0.25, 0.3) is 9.53 Å². The average molecular weight is 427 g/mol. The summed E-state index contributed by atoms with van der Waals surface area (Å²) in [4.78, 5) is 21.3. The lowest BCUT2D eigenvalue weighted by Gasteiger charge is -2.31. The quantitative estimate of drug-likeness (QED) is 0.646. The lowest BCUT2D eigenvalue weighted by atomic mass is 9.87. The number of nitrogens with zero attached hydrogens (tertiary/aromatic N) is 2. The molecule has 5 nitrogen and oxygen atoms in total. The van der Waals surface area contributed by atoms with Gasteiger partial charge in [0, 0.05) is 24.8 Å². The number of benzene rings is 1. The number of carbonyl (C=O) groups is 1. The highest BCUT2D eigenvalue weighted by atomic mass is 32.1. The van der Waals surface area contributed by atoms with E-state index in [2.05, 4.69) is 33.4 Å². The van der Waals surface area contributed by atoms with Crippen LogP contribution in [0.1, 0.15) is 51.5 Å². The number of thiazole rings is 1. The second kappa shape index (κ2) is 7.61. The van der Waals surface area contributed by atoms with Crippen molar-refractivity contribution in [3.8, 4) is 0 Å². The lowest BCUT2D eigenvalue weighted by molar-refractivity contribution is 0.0938. The molecule has 1 atom stereocenters. The fourth-order valence-electron chi connectivity index (χ4n) is 4.54. The molecule has 2 aliphatic rings. The molecule has 1 saturated heterocycles. The Hall–Kier alpha value is -2.12. The summed E-state index contributed by atoms with van der Waals surface area (Å²) in [6.07, 6.45) is 6.81. The minimum absolute atomic E-state index is 0.0614. The van der Waals surface area contributed by atoms with Gasteiger partial charge < -0.3 is 16.0 Å². The van der Waals surface area contributed by atoms with Crippen LogP contribution in [0.3, 0.4) is 0 Å². The van der Waals surface area contributed by atoms with Gasteiger partial charge in [0.1, 0.15) is 9.71 Å². The Labute approximate surface area is 178 Å². The molecule has 0 unspecified atom stereocenters. The SMILES string of the molecule is Cc1nc2sc(C(=O)N[C@H]3CCc4cc(N5CCCCC5)ccc4C3)c(N)c2s1. The van der Waals surface area contributed by atoms with Crippen LogP contribution in [-0.4, -0.2) is 30.0 Å². The fourth-order valence-corrected chi connectivity index (χ4v) is 6.63. The van der Waals surface area contributed by atoms with E-state index in [9.17, 15) is 4.79 Å². The molecule has 3 heterocycles. The molecular weight excluding hydrogens is 400 g/mol. The monoisotopic (exact) mass is 426 g/mol. The first-order valence-electron chi connectivity index (χ1n) is 10.4. The largest absolute Gasteiger partial charge is 0.396 e. The summed E-state index contributed by atoms with van der Waals surface area (Å²) in [5, 5.41) is 4.20. The Balaban J connectivity index is 1.28. The van der Waals surface area contributed by atoms with E-state index >= 15 is 0 Å². The van der Waals surface area contributed by atoms with E-state index in [4.69, 9.17) is 5.73 Å². The van der Waals surface area contributed by atoms with Gasteiger partial charge in [-0.05, 0) is 68.7 Å². The van der Waals surface area contributed by atoms with Crippen molar-refractivity contribution < 1.29 is 4.79 Å². The molecule has 0 saturated carbocycles. The Bertz CT molecular complexity index is 1060. The number of thiophene rings is 1. The van der Waals surface area contributed by atoms with E-state index < -0.39 is 0 Å². The summed E-state index contributed by atoms with van der Waals surface area (Å²) in [5.74, 6) is -0.0614. The number of carbonyl (C=O) groups excluding carboxylic acids is 1. The topological polar surface area (TPSA) is 71.2 Å². The maximum atomic E-state index is 12.8. The molecule has 7 heteroatoms. The number of nitrogens with one attached hydrogen (secondary N) is 1. The predicted octanol–water partition coefficient (Wildman–Crippen LogP) is 4.53. The normalized spacial score (nSPS) is 19.3. The number of hydrogen-bond donors (Lipinski definition) is 2. The van der Waals surface area contributed by atoms with Crippen LogP contribution in [0.5, 0.6) is 0 Å². The summed E-state index contributed by atoms with van der Waals surface area (Å²) in [5.41, 5.74) is 11.0. The molecule has 3 N–H and O–H groups in total. The maximum absolute atomic E-state index is 12.8. The highest BCUT2D eigenvalue weighted by molar-refractivity contribution is 7.29. The number of anilines is 2. The van der Waals surface area contributed by atoms with Crippen molar-refractivity contribution in [3.05, 3.63) is 39.2 Å². The molecule has 1 fully saturated rings. The van der Waals surface area contributed by atoms with Crippen LogP contribution in [0, 0.1) is 6.92 Å². The van der Waals surface area contributed by atoms with E-state index in [-0.39, 0.29) is 11.9 Å². The van der Waals surface area contributed by atoms with Crippen molar-refractivity contribution in [2.45, 2.75) is 51.5 Å². The van der Waals surface area contributed by atoms with E-state index in [0.717, 1.165) is 33.8 Å². The maximum Gasteiger partial charge on any atom is 0.263 e. The minimum Gasteiger partial charge on any atom is -0.396 e. The molecule has 5 rings (SSSR count). The third kappa shape index (κ3) is 3.62. The summed E-state index contributed by atoms with van der Waals surface area (Å²) in [7, 11) is 0. The molecule has 0 radical (unpaired) electrons. The van der Waals surface area contributed by atoms with E-state index in [1.165, 1.54) is 60.5 Å². The number of fused-ring (bicyclic) bond motifs is 2. The lowest BCUT2D eigenvalue weighted by Crippen LogP contribution is -2.38. The standard InChI is InChI=1S/C22H26N4OS2/c1-13-24-22-20(28-13)18(23)19(29-22)21(27)25-16-7-5-15-12-17(8-6-14(15)11-16)26-9-3-2-4-10-26/h6,8,12,16H,2-5,7,9-11,23H2,1H3,(H,25,27)/t16-/m0/s1. The molecule has 1 aliphatic carbocycles.